The summed E-state index contributed by atoms with van der Waals surface area (Å²) in [6.07, 6.45) is 2.97. The molecule has 0 unspecified atom stereocenters. The van der Waals surface area contributed by atoms with Gasteiger partial charge < -0.3 is 15.0 Å². The minimum atomic E-state index is -0.206. The van der Waals surface area contributed by atoms with E-state index in [-0.39, 0.29) is 6.10 Å². The van der Waals surface area contributed by atoms with Gasteiger partial charge in [0.05, 0.1) is 17.1 Å². The van der Waals surface area contributed by atoms with E-state index in [0.29, 0.717) is 5.92 Å². The molecule has 2 N–H and O–H groups in total. The molecule has 0 spiro atoms. The van der Waals surface area contributed by atoms with Crippen LogP contribution in [0.2, 0.25) is 0 Å². The number of nitrogens with one attached hydrogen (secondary N) is 1. The summed E-state index contributed by atoms with van der Waals surface area (Å²) in [5, 5.41) is 9.85. The van der Waals surface area contributed by atoms with Gasteiger partial charge in [-0.1, -0.05) is 13.0 Å². The highest BCUT2D eigenvalue weighted by atomic mass is 16.3. The Labute approximate surface area is 126 Å². The predicted molar refractivity (Wildman–Crippen MR) is 85.5 cm³/mol. The van der Waals surface area contributed by atoms with Crippen molar-refractivity contribution in [1.82, 2.24) is 14.9 Å². The number of rotatable bonds is 4. The van der Waals surface area contributed by atoms with Crippen molar-refractivity contribution in [3.05, 3.63) is 29.6 Å². The van der Waals surface area contributed by atoms with Crippen molar-refractivity contribution in [1.29, 1.82) is 0 Å². The summed E-state index contributed by atoms with van der Waals surface area (Å²) in [6.45, 7) is 7.01. The monoisotopic (exact) mass is 287 g/mol. The zero-order chi connectivity index (χ0) is 14.8. The van der Waals surface area contributed by atoms with Crippen LogP contribution < -0.4 is 0 Å². The van der Waals surface area contributed by atoms with E-state index in [1.807, 2.05) is 6.92 Å². The van der Waals surface area contributed by atoms with Crippen LogP contribution in [0.5, 0.6) is 0 Å². The number of aryl methyl sites for hydroxylation is 1. The number of aromatic amines is 1. The van der Waals surface area contributed by atoms with Crippen LogP contribution in [0.25, 0.3) is 11.0 Å². The second kappa shape index (κ2) is 6.16. The summed E-state index contributed by atoms with van der Waals surface area (Å²) < 4.78 is 0. The molecule has 0 bridgehead atoms. The number of piperidine rings is 1. The fourth-order valence-electron chi connectivity index (χ4n) is 3.21. The van der Waals surface area contributed by atoms with Crippen LogP contribution in [0.15, 0.2) is 18.2 Å². The summed E-state index contributed by atoms with van der Waals surface area (Å²) in [4.78, 5) is 10.6. The number of nitrogens with zero attached hydrogens (tertiary/aromatic N) is 2. The van der Waals surface area contributed by atoms with E-state index in [0.717, 1.165) is 42.9 Å². The number of imidazole rings is 1. The van der Waals surface area contributed by atoms with E-state index < -0.39 is 0 Å². The van der Waals surface area contributed by atoms with Crippen LogP contribution in [0, 0.1) is 6.92 Å². The molecule has 1 aliphatic rings. The molecular weight excluding hydrogens is 262 g/mol. The van der Waals surface area contributed by atoms with E-state index >= 15 is 0 Å². The summed E-state index contributed by atoms with van der Waals surface area (Å²) >= 11 is 0. The van der Waals surface area contributed by atoms with Crippen LogP contribution in [0.3, 0.4) is 0 Å². The van der Waals surface area contributed by atoms with Crippen molar-refractivity contribution in [2.24, 2.45) is 0 Å². The summed E-state index contributed by atoms with van der Waals surface area (Å²) in [5.74, 6) is 1.56. The van der Waals surface area contributed by atoms with Crippen LogP contribution in [0.4, 0.5) is 0 Å². The molecule has 1 aromatic heterocycles. The number of aromatic nitrogens is 2. The van der Waals surface area contributed by atoms with Gasteiger partial charge in [-0.25, -0.2) is 4.98 Å². The number of fused-ring (bicyclic) bond motifs is 1. The minimum Gasteiger partial charge on any atom is -0.392 e. The van der Waals surface area contributed by atoms with Gasteiger partial charge in [0.1, 0.15) is 5.82 Å². The smallest absolute Gasteiger partial charge is 0.111 e. The second-order valence-corrected chi connectivity index (χ2v) is 6.30. The summed E-state index contributed by atoms with van der Waals surface area (Å²) in [7, 11) is 0. The van der Waals surface area contributed by atoms with Crippen molar-refractivity contribution in [3.63, 3.8) is 0 Å². The molecule has 3 rings (SSSR count). The zero-order valence-electron chi connectivity index (χ0n) is 13.0. The Hall–Kier alpha value is -1.39. The lowest BCUT2D eigenvalue weighted by Gasteiger charge is -2.32. The van der Waals surface area contributed by atoms with Crippen molar-refractivity contribution >= 4 is 11.0 Å². The van der Waals surface area contributed by atoms with Gasteiger partial charge in [0.25, 0.3) is 0 Å². The van der Waals surface area contributed by atoms with Crippen molar-refractivity contribution in [2.75, 3.05) is 19.6 Å². The standard InChI is InChI=1S/C17H25N3O/c1-3-14(21)11-20-8-4-5-13(10-20)17-18-15-7-6-12(2)9-16(15)19-17/h6-7,9,13-14,21H,3-5,8,10-11H2,1-2H3,(H,18,19)/t13-,14+/m1/s1. The lowest BCUT2D eigenvalue weighted by Crippen LogP contribution is -2.39. The SMILES string of the molecule is CC[C@H](O)CN1CCC[C@@H](c2nc3ccc(C)cc3[nH]2)C1. The van der Waals surface area contributed by atoms with Gasteiger partial charge in [-0.15, -0.1) is 0 Å². The predicted octanol–water partition coefficient (Wildman–Crippen LogP) is 2.82. The Morgan fingerprint density at radius 1 is 1.48 bits per heavy atom. The molecule has 114 valence electrons. The highest BCUT2D eigenvalue weighted by molar-refractivity contribution is 5.75. The molecule has 1 fully saturated rings. The number of benzene rings is 1. The molecule has 2 heterocycles. The molecule has 2 aromatic rings. The molecule has 1 saturated heterocycles. The molecular formula is C17H25N3O. The third kappa shape index (κ3) is 3.27. The van der Waals surface area contributed by atoms with Crippen LogP contribution in [-0.4, -0.2) is 45.7 Å². The Kier molecular flexibility index (Phi) is 4.27. The molecule has 0 aliphatic carbocycles. The fourth-order valence-corrected chi connectivity index (χ4v) is 3.21. The third-order valence-electron chi connectivity index (χ3n) is 4.49. The number of H-pyrrole nitrogens is 1. The zero-order valence-corrected chi connectivity index (χ0v) is 13.0. The Morgan fingerprint density at radius 3 is 3.14 bits per heavy atom. The summed E-state index contributed by atoms with van der Waals surface area (Å²) in [5.41, 5.74) is 3.45. The van der Waals surface area contributed by atoms with Crippen molar-refractivity contribution in [2.45, 2.75) is 45.1 Å². The highest BCUT2D eigenvalue weighted by Gasteiger charge is 2.24. The van der Waals surface area contributed by atoms with E-state index in [2.05, 4.69) is 35.0 Å². The van der Waals surface area contributed by atoms with Gasteiger partial charge >= 0.3 is 0 Å². The normalized spacial score (nSPS) is 21.8. The third-order valence-corrected chi connectivity index (χ3v) is 4.49. The average Bonchev–Trinajstić information content (AvgIpc) is 2.90. The van der Waals surface area contributed by atoms with E-state index in [1.165, 1.54) is 18.4 Å². The van der Waals surface area contributed by atoms with E-state index in [4.69, 9.17) is 4.98 Å². The maximum absolute atomic E-state index is 9.85. The molecule has 0 radical (unpaired) electrons. The van der Waals surface area contributed by atoms with Crippen LogP contribution in [0.1, 0.15) is 43.5 Å². The topological polar surface area (TPSA) is 52.1 Å². The highest BCUT2D eigenvalue weighted by Crippen LogP contribution is 2.27. The number of β-amino-alcohol motifs (C(OH)–C–C–N with tert-alkyl or cyclic N) is 1. The van der Waals surface area contributed by atoms with Gasteiger partial charge in [-0.05, 0) is 50.4 Å². The molecule has 0 amide bonds. The van der Waals surface area contributed by atoms with Gasteiger partial charge in [0, 0.05) is 19.0 Å². The second-order valence-electron chi connectivity index (χ2n) is 6.30. The Morgan fingerprint density at radius 2 is 2.33 bits per heavy atom. The quantitative estimate of drug-likeness (QED) is 0.909. The molecule has 21 heavy (non-hydrogen) atoms. The first-order chi connectivity index (χ1) is 10.2. The maximum Gasteiger partial charge on any atom is 0.111 e. The van der Waals surface area contributed by atoms with Gasteiger partial charge in [-0.2, -0.15) is 0 Å². The van der Waals surface area contributed by atoms with E-state index in [9.17, 15) is 5.11 Å². The van der Waals surface area contributed by atoms with Crippen molar-refractivity contribution < 1.29 is 5.11 Å². The lowest BCUT2D eigenvalue weighted by atomic mass is 9.97. The molecule has 4 nitrogen and oxygen atoms in total. The largest absolute Gasteiger partial charge is 0.392 e. The summed E-state index contributed by atoms with van der Waals surface area (Å²) in [6, 6.07) is 6.36. The maximum atomic E-state index is 9.85. The first-order valence-electron chi connectivity index (χ1n) is 8.02. The molecule has 1 aliphatic heterocycles. The molecule has 2 atom stereocenters. The fraction of sp³-hybridized carbons (Fsp3) is 0.588. The number of aliphatic hydroxyl groups excluding tert-OH is 1. The average molecular weight is 287 g/mol. The van der Waals surface area contributed by atoms with Gasteiger partial charge in [0.15, 0.2) is 0 Å². The molecule has 1 aromatic carbocycles. The van der Waals surface area contributed by atoms with Gasteiger partial charge in [-0.3, -0.25) is 0 Å². The Balaban J connectivity index is 1.75. The lowest BCUT2D eigenvalue weighted by molar-refractivity contribution is 0.0919. The first-order valence-corrected chi connectivity index (χ1v) is 8.02. The van der Waals surface area contributed by atoms with Crippen LogP contribution >= 0.6 is 0 Å². The number of likely N-dealkylation sites (tertiary alicyclic amines) is 1. The number of hydrogen-bond donors (Lipinski definition) is 2. The minimum absolute atomic E-state index is 0.206. The van der Waals surface area contributed by atoms with Crippen molar-refractivity contribution in [3.8, 4) is 0 Å². The molecule has 0 saturated carbocycles. The first kappa shape index (κ1) is 14.5. The van der Waals surface area contributed by atoms with Gasteiger partial charge in [0.2, 0.25) is 0 Å². The number of aliphatic hydroxyl groups is 1. The number of hydrogen-bond acceptors (Lipinski definition) is 3. The Bertz CT molecular complexity index is 607. The van der Waals surface area contributed by atoms with Crippen LogP contribution in [-0.2, 0) is 0 Å². The van der Waals surface area contributed by atoms with E-state index in [1.54, 1.807) is 0 Å². The molecule has 4 heteroatoms.